The third-order valence-electron chi connectivity index (χ3n) is 1.76. The van der Waals surface area contributed by atoms with Crippen LogP contribution in [-0.4, -0.2) is 63.0 Å². The summed E-state index contributed by atoms with van der Waals surface area (Å²) in [6, 6.07) is 0. The number of carbonyl (C=O) groups excluding carboxylic acids is 1. The van der Waals surface area contributed by atoms with Crippen molar-refractivity contribution in [3.05, 3.63) is 0 Å². The first-order chi connectivity index (χ1) is 7.43. The van der Waals surface area contributed by atoms with Gasteiger partial charge in [0.25, 0.3) is 0 Å². The van der Waals surface area contributed by atoms with Crippen LogP contribution in [0.25, 0.3) is 0 Å². The molecule has 4 atom stereocenters. The van der Waals surface area contributed by atoms with Crippen molar-refractivity contribution < 1.29 is 29.4 Å². The van der Waals surface area contributed by atoms with E-state index >= 15 is 0 Å². The maximum absolute atomic E-state index is 10.6. The van der Waals surface area contributed by atoms with Crippen LogP contribution in [0.1, 0.15) is 13.8 Å². The molecule has 0 radical (unpaired) electrons. The second kappa shape index (κ2) is 7.99. The van der Waals surface area contributed by atoms with Gasteiger partial charge in [-0.2, -0.15) is 0 Å². The molecule has 0 aliphatic heterocycles. The standard InChI is InChI=1S/C9H18O6S/c1-5(2)16-15-7(4-11)9(14)8(13)6(12)3-10/h4-10,12-14H,3H2,1-2H3/t6-,7+,8+,9-/m1/s1. The minimum absolute atomic E-state index is 0.0922. The van der Waals surface area contributed by atoms with E-state index in [9.17, 15) is 15.0 Å². The van der Waals surface area contributed by atoms with E-state index in [0.29, 0.717) is 6.29 Å². The highest BCUT2D eigenvalue weighted by atomic mass is 32.2. The molecule has 0 heterocycles. The Kier molecular flexibility index (Phi) is 7.90. The minimum Gasteiger partial charge on any atom is -0.394 e. The van der Waals surface area contributed by atoms with Gasteiger partial charge >= 0.3 is 0 Å². The zero-order chi connectivity index (χ0) is 12.7. The molecule has 7 heteroatoms. The summed E-state index contributed by atoms with van der Waals surface area (Å²) in [5.74, 6) is 0. The van der Waals surface area contributed by atoms with Crippen LogP contribution in [0.15, 0.2) is 0 Å². The van der Waals surface area contributed by atoms with Crippen LogP contribution in [0.5, 0.6) is 0 Å². The normalized spacial score (nSPS) is 19.2. The monoisotopic (exact) mass is 254 g/mol. The molecule has 0 aromatic carbocycles. The second-order valence-electron chi connectivity index (χ2n) is 3.57. The van der Waals surface area contributed by atoms with Crippen molar-refractivity contribution in [2.24, 2.45) is 0 Å². The average Bonchev–Trinajstić information content (AvgIpc) is 2.27. The summed E-state index contributed by atoms with van der Waals surface area (Å²) in [7, 11) is 0. The molecule has 4 N–H and O–H groups in total. The van der Waals surface area contributed by atoms with Gasteiger partial charge < -0.3 is 29.4 Å². The van der Waals surface area contributed by atoms with E-state index in [4.69, 9.17) is 14.4 Å². The van der Waals surface area contributed by atoms with Gasteiger partial charge in [-0.15, -0.1) is 0 Å². The number of hydrogen-bond acceptors (Lipinski definition) is 7. The Balaban J connectivity index is 4.28. The third-order valence-corrected chi connectivity index (χ3v) is 2.48. The Morgan fingerprint density at radius 2 is 1.81 bits per heavy atom. The highest BCUT2D eigenvalue weighted by Gasteiger charge is 2.32. The largest absolute Gasteiger partial charge is 0.394 e. The highest BCUT2D eigenvalue weighted by molar-refractivity contribution is 7.95. The van der Waals surface area contributed by atoms with E-state index in [0.717, 1.165) is 12.0 Å². The first-order valence-electron chi connectivity index (χ1n) is 4.86. The van der Waals surface area contributed by atoms with Crippen LogP contribution >= 0.6 is 12.0 Å². The molecule has 0 amide bonds. The van der Waals surface area contributed by atoms with Gasteiger partial charge in [0.1, 0.15) is 18.3 Å². The zero-order valence-corrected chi connectivity index (χ0v) is 10.0. The minimum atomic E-state index is -1.63. The van der Waals surface area contributed by atoms with Gasteiger partial charge in [0.05, 0.1) is 6.61 Å². The number of hydrogen-bond donors (Lipinski definition) is 4. The first-order valence-corrected chi connectivity index (χ1v) is 5.67. The van der Waals surface area contributed by atoms with E-state index < -0.39 is 31.0 Å². The quantitative estimate of drug-likeness (QED) is 0.315. The molecule has 6 nitrogen and oxygen atoms in total. The second-order valence-corrected chi connectivity index (χ2v) is 4.90. The maximum Gasteiger partial charge on any atom is 0.156 e. The number of rotatable bonds is 8. The summed E-state index contributed by atoms with van der Waals surface area (Å²) in [6.07, 6.45) is -5.62. The third kappa shape index (κ3) is 5.24. The molecule has 0 saturated heterocycles. The average molecular weight is 254 g/mol. The summed E-state index contributed by atoms with van der Waals surface area (Å²) in [4.78, 5) is 10.6. The van der Waals surface area contributed by atoms with Gasteiger partial charge in [-0.25, -0.2) is 0 Å². The van der Waals surface area contributed by atoms with Gasteiger partial charge in [0.15, 0.2) is 12.4 Å². The zero-order valence-electron chi connectivity index (χ0n) is 9.18. The Labute approximate surface area is 98.4 Å². The number of carbonyl (C=O) groups is 1. The molecule has 16 heavy (non-hydrogen) atoms. The molecule has 0 unspecified atom stereocenters. The number of aliphatic hydroxyl groups excluding tert-OH is 4. The maximum atomic E-state index is 10.6. The molecule has 0 rings (SSSR count). The molecular weight excluding hydrogens is 236 g/mol. The smallest absolute Gasteiger partial charge is 0.156 e. The molecule has 0 fully saturated rings. The molecule has 0 saturated carbocycles. The summed E-state index contributed by atoms with van der Waals surface area (Å²) < 4.78 is 4.98. The Morgan fingerprint density at radius 1 is 1.25 bits per heavy atom. The lowest BCUT2D eigenvalue weighted by molar-refractivity contribution is -0.131. The van der Waals surface area contributed by atoms with Crippen LogP contribution in [0, 0.1) is 0 Å². The van der Waals surface area contributed by atoms with E-state index in [1.54, 1.807) is 0 Å². The summed E-state index contributed by atoms with van der Waals surface area (Å²) in [5.41, 5.74) is 0. The summed E-state index contributed by atoms with van der Waals surface area (Å²) >= 11 is 0.982. The van der Waals surface area contributed by atoms with Crippen molar-refractivity contribution in [2.45, 2.75) is 43.5 Å². The molecular formula is C9H18O6S. The SMILES string of the molecule is CC(C)SO[C@@H](C=O)[C@@H](O)[C@@H](O)[C@H](O)CO. The van der Waals surface area contributed by atoms with Gasteiger partial charge in [0.2, 0.25) is 0 Å². The van der Waals surface area contributed by atoms with Crippen LogP contribution in [0.2, 0.25) is 0 Å². The van der Waals surface area contributed by atoms with Crippen molar-refractivity contribution in [2.75, 3.05) is 6.61 Å². The molecule has 96 valence electrons. The lowest BCUT2D eigenvalue weighted by Gasteiger charge is -2.25. The number of aldehydes is 1. The Hall–Kier alpha value is -0.180. The van der Waals surface area contributed by atoms with Gasteiger partial charge in [-0.3, -0.25) is 0 Å². The summed E-state index contributed by atoms with van der Waals surface area (Å²) in [5, 5.41) is 36.6. The molecule has 0 aliphatic carbocycles. The van der Waals surface area contributed by atoms with Crippen LogP contribution < -0.4 is 0 Å². The number of aliphatic hydroxyl groups is 4. The van der Waals surface area contributed by atoms with E-state index in [-0.39, 0.29) is 5.25 Å². The van der Waals surface area contributed by atoms with Crippen LogP contribution in [0.3, 0.4) is 0 Å². The predicted octanol–water partition coefficient (Wildman–Crippen LogP) is -1.30. The van der Waals surface area contributed by atoms with Gasteiger partial charge in [-0.1, -0.05) is 13.8 Å². The van der Waals surface area contributed by atoms with Crippen molar-refractivity contribution in [3.63, 3.8) is 0 Å². The topological polar surface area (TPSA) is 107 Å². The molecule has 0 bridgehead atoms. The van der Waals surface area contributed by atoms with Gasteiger partial charge in [0, 0.05) is 5.25 Å². The lowest BCUT2D eigenvalue weighted by atomic mass is 10.0. The van der Waals surface area contributed by atoms with Crippen molar-refractivity contribution >= 4 is 18.3 Å². The Morgan fingerprint density at radius 3 is 2.19 bits per heavy atom. The lowest BCUT2D eigenvalue weighted by Crippen LogP contribution is -2.46. The highest BCUT2D eigenvalue weighted by Crippen LogP contribution is 2.17. The molecule has 0 aromatic heterocycles. The molecule has 0 spiro atoms. The predicted molar refractivity (Wildman–Crippen MR) is 58.8 cm³/mol. The van der Waals surface area contributed by atoms with Crippen LogP contribution in [-0.2, 0) is 8.98 Å². The van der Waals surface area contributed by atoms with E-state index in [2.05, 4.69) is 0 Å². The fraction of sp³-hybridized carbons (Fsp3) is 0.889. The van der Waals surface area contributed by atoms with E-state index in [1.165, 1.54) is 0 Å². The van der Waals surface area contributed by atoms with Crippen molar-refractivity contribution in [1.82, 2.24) is 0 Å². The fourth-order valence-electron chi connectivity index (χ4n) is 0.865. The molecule has 0 aliphatic rings. The van der Waals surface area contributed by atoms with Crippen molar-refractivity contribution in [1.29, 1.82) is 0 Å². The Bertz CT molecular complexity index is 200. The molecule has 0 aromatic rings. The van der Waals surface area contributed by atoms with E-state index in [1.807, 2.05) is 13.8 Å². The fourth-order valence-corrected chi connectivity index (χ4v) is 1.38. The van der Waals surface area contributed by atoms with Crippen LogP contribution in [0.4, 0.5) is 0 Å². The van der Waals surface area contributed by atoms with Gasteiger partial charge in [-0.05, 0) is 12.0 Å². The summed E-state index contributed by atoms with van der Waals surface area (Å²) in [6.45, 7) is 2.96. The first kappa shape index (κ1) is 15.8. The van der Waals surface area contributed by atoms with Crippen molar-refractivity contribution in [3.8, 4) is 0 Å².